The minimum absolute atomic E-state index is 0.0841. The first-order valence-electron chi connectivity index (χ1n) is 9.27. The summed E-state index contributed by atoms with van der Waals surface area (Å²) in [5.41, 5.74) is 0.809. The lowest BCUT2D eigenvalue weighted by molar-refractivity contribution is 0.102. The van der Waals surface area contributed by atoms with Crippen molar-refractivity contribution in [3.05, 3.63) is 78.4 Å². The summed E-state index contributed by atoms with van der Waals surface area (Å²) in [5, 5.41) is 2.80. The third kappa shape index (κ3) is 5.16. The molecule has 0 fully saturated rings. The molecule has 0 aliphatic carbocycles. The van der Waals surface area contributed by atoms with Gasteiger partial charge >= 0.3 is 0 Å². The molecule has 0 bridgehead atoms. The van der Waals surface area contributed by atoms with Crippen molar-refractivity contribution in [3.63, 3.8) is 0 Å². The number of nitrogens with one attached hydrogen (secondary N) is 2. The van der Waals surface area contributed by atoms with Gasteiger partial charge in [0.25, 0.3) is 5.91 Å². The van der Waals surface area contributed by atoms with Crippen LogP contribution in [0.15, 0.2) is 77.7 Å². The van der Waals surface area contributed by atoms with Crippen LogP contribution in [-0.4, -0.2) is 28.0 Å². The number of hydrogen-bond acceptors (Lipinski definition) is 5. The third-order valence-corrected chi connectivity index (χ3v) is 5.62. The van der Waals surface area contributed by atoms with Crippen LogP contribution in [0.3, 0.4) is 0 Å². The van der Waals surface area contributed by atoms with Gasteiger partial charge in [-0.25, -0.2) is 13.1 Å². The molecule has 0 aliphatic rings. The summed E-state index contributed by atoms with van der Waals surface area (Å²) in [5.74, 6) is 1.44. The number of carbonyl (C=O) groups is 1. The van der Waals surface area contributed by atoms with Crippen molar-refractivity contribution in [3.8, 4) is 17.2 Å². The number of sulfonamides is 1. The molecule has 0 unspecified atom stereocenters. The van der Waals surface area contributed by atoms with Gasteiger partial charge < -0.3 is 14.8 Å². The minimum Gasteiger partial charge on any atom is -0.494 e. The molecule has 3 aromatic rings. The van der Waals surface area contributed by atoms with Crippen molar-refractivity contribution in [2.45, 2.75) is 11.8 Å². The number of rotatable bonds is 8. The quantitative estimate of drug-likeness (QED) is 0.567. The smallest absolute Gasteiger partial charge is 0.255 e. The highest BCUT2D eigenvalue weighted by atomic mass is 32.2. The van der Waals surface area contributed by atoms with Gasteiger partial charge in [0.1, 0.15) is 11.5 Å². The van der Waals surface area contributed by atoms with Crippen LogP contribution < -0.4 is 19.5 Å². The Kier molecular flexibility index (Phi) is 6.71. The Hall–Kier alpha value is -3.36. The van der Waals surface area contributed by atoms with E-state index in [0.29, 0.717) is 29.4 Å². The molecule has 2 N–H and O–H groups in total. The molecule has 0 radical (unpaired) electrons. The third-order valence-electron chi connectivity index (χ3n) is 4.19. The fourth-order valence-electron chi connectivity index (χ4n) is 2.65. The zero-order valence-electron chi connectivity index (χ0n) is 16.6. The summed E-state index contributed by atoms with van der Waals surface area (Å²) >= 11 is 0. The van der Waals surface area contributed by atoms with Gasteiger partial charge in [0.2, 0.25) is 10.0 Å². The monoisotopic (exact) mass is 426 g/mol. The van der Waals surface area contributed by atoms with Crippen molar-refractivity contribution in [1.29, 1.82) is 0 Å². The van der Waals surface area contributed by atoms with Crippen LogP contribution in [-0.2, 0) is 10.0 Å². The Morgan fingerprint density at radius 2 is 1.53 bits per heavy atom. The number of benzene rings is 3. The van der Waals surface area contributed by atoms with Gasteiger partial charge in [0.05, 0.1) is 17.2 Å². The summed E-state index contributed by atoms with van der Waals surface area (Å²) in [7, 11) is -2.23. The van der Waals surface area contributed by atoms with E-state index in [1.165, 1.54) is 31.3 Å². The first kappa shape index (κ1) is 21.4. The number of anilines is 1. The average Bonchev–Trinajstić information content (AvgIpc) is 2.76. The van der Waals surface area contributed by atoms with Crippen LogP contribution in [0.5, 0.6) is 17.2 Å². The second-order valence-electron chi connectivity index (χ2n) is 6.19. The van der Waals surface area contributed by atoms with Crippen molar-refractivity contribution in [1.82, 2.24) is 4.72 Å². The van der Waals surface area contributed by atoms with Gasteiger partial charge in [-0.05, 0) is 74.6 Å². The standard InChI is InChI=1S/C22H22N2O5S/c1-3-28-17-10-12-18(13-11-17)29-21-7-5-4-6-20(21)24-22(25)16-8-14-19(15-9-16)30(26,27)23-2/h4-15,23H,3H2,1-2H3,(H,24,25). The minimum atomic E-state index is -3.56. The van der Waals surface area contributed by atoms with Crippen LogP contribution in [0, 0.1) is 0 Å². The Labute approximate surface area is 175 Å². The first-order chi connectivity index (χ1) is 14.4. The average molecular weight is 426 g/mol. The van der Waals surface area contributed by atoms with Crippen LogP contribution in [0.4, 0.5) is 5.69 Å². The second kappa shape index (κ2) is 9.43. The van der Waals surface area contributed by atoms with E-state index in [-0.39, 0.29) is 10.8 Å². The number of ether oxygens (including phenoxy) is 2. The number of carbonyl (C=O) groups excluding carboxylic acids is 1. The molecular weight excluding hydrogens is 404 g/mol. The molecule has 0 saturated carbocycles. The van der Waals surface area contributed by atoms with E-state index in [1.54, 1.807) is 48.5 Å². The summed E-state index contributed by atoms with van der Waals surface area (Å²) in [6.07, 6.45) is 0. The maximum Gasteiger partial charge on any atom is 0.255 e. The van der Waals surface area contributed by atoms with E-state index in [0.717, 1.165) is 5.75 Å². The molecule has 0 spiro atoms. The van der Waals surface area contributed by atoms with Gasteiger partial charge in [-0.1, -0.05) is 12.1 Å². The number of hydrogen-bond donors (Lipinski definition) is 2. The predicted molar refractivity (Wildman–Crippen MR) is 115 cm³/mol. The van der Waals surface area contributed by atoms with Crippen LogP contribution in [0.2, 0.25) is 0 Å². The van der Waals surface area contributed by atoms with Crippen molar-refractivity contribution < 1.29 is 22.7 Å². The van der Waals surface area contributed by atoms with Gasteiger partial charge in [-0.2, -0.15) is 0 Å². The first-order valence-corrected chi connectivity index (χ1v) is 10.8. The van der Waals surface area contributed by atoms with Crippen LogP contribution in [0.25, 0.3) is 0 Å². The summed E-state index contributed by atoms with van der Waals surface area (Å²) in [6.45, 7) is 2.49. The fraction of sp³-hybridized carbons (Fsp3) is 0.136. The topological polar surface area (TPSA) is 93.7 Å². The highest BCUT2D eigenvalue weighted by Crippen LogP contribution is 2.30. The van der Waals surface area contributed by atoms with Gasteiger partial charge in [0.15, 0.2) is 5.75 Å². The Morgan fingerprint density at radius 3 is 2.17 bits per heavy atom. The highest BCUT2D eigenvalue weighted by molar-refractivity contribution is 7.89. The zero-order chi connectivity index (χ0) is 21.6. The number of para-hydroxylation sites is 2. The molecule has 3 rings (SSSR count). The van der Waals surface area contributed by atoms with E-state index in [9.17, 15) is 13.2 Å². The Bertz CT molecular complexity index is 1110. The van der Waals surface area contributed by atoms with E-state index in [2.05, 4.69) is 10.0 Å². The zero-order valence-corrected chi connectivity index (χ0v) is 17.4. The van der Waals surface area contributed by atoms with Crippen molar-refractivity contribution >= 4 is 21.6 Å². The molecule has 0 atom stereocenters. The van der Waals surface area contributed by atoms with E-state index < -0.39 is 10.0 Å². The van der Waals surface area contributed by atoms with Gasteiger partial charge in [0, 0.05) is 5.56 Å². The Morgan fingerprint density at radius 1 is 0.900 bits per heavy atom. The molecule has 3 aromatic carbocycles. The van der Waals surface area contributed by atoms with Crippen molar-refractivity contribution in [2.75, 3.05) is 19.0 Å². The lowest BCUT2D eigenvalue weighted by Crippen LogP contribution is -2.19. The Balaban J connectivity index is 1.75. The normalized spacial score (nSPS) is 11.0. The largest absolute Gasteiger partial charge is 0.494 e. The summed E-state index contributed by atoms with van der Waals surface area (Å²) in [4.78, 5) is 12.7. The highest BCUT2D eigenvalue weighted by Gasteiger charge is 2.14. The second-order valence-corrected chi connectivity index (χ2v) is 8.08. The molecule has 0 saturated heterocycles. The SMILES string of the molecule is CCOc1ccc(Oc2ccccc2NC(=O)c2ccc(S(=O)(=O)NC)cc2)cc1. The van der Waals surface area contributed by atoms with Gasteiger partial charge in [-0.15, -0.1) is 0 Å². The van der Waals surface area contributed by atoms with Gasteiger partial charge in [-0.3, -0.25) is 4.79 Å². The molecule has 8 heteroatoms. The van der Waals surface area contributed by atoms with E-state index in [4.69, 9.17) is 9.47 Å². The molecule has 1 amide bonds. The molecule has 7 nitrogen and oxygen atoms in total. The molecule has 156 valence electrons. The van der Waals surface area contributed by atoms with E-state index in [1.807, 2.05) is 6.92 Å². The summed E-state index contributed by atoms with van der Waals surface area (Å²) in [6, 6.07) is 19.9. The summed E-state index contributed by atoms with van der Waals surface area (Å²) < 4.78 is 37.2. The molecule has 0 aliphatic heterocycles. The maximum atomic E-state index is 12.6. The predicted octanol–water partition coefficient (Wildman–Crippen LogP) is 4.04. The molecule has 0 aromatic heterocycles. The lowest BCUT2D eigenvalue weighted by Gasteiger charge is -2.13. The number of amides is 1. The van der Waals surface area contributed by atoms with Crippen LogP contribution in [0.1, 0.15) is 17.3 Å². The van der Waals surface area contributed by atoms with Crippen molar-refractivity contribution in [2.24, 2.45) is 0 Å². The maximum absolute atomic E-state index is 12.6. The molecule has 0 heterocycles. The lowest BCUT2D eigenvalue weighted by atomic mass is 10.2. The van der Waals surface area contributed by atoms with E-state index >= 15 is 0 Å². The molecular formula is C22H22N2O5S. The fourth-order valence-corrected chi connectivity index (χ4v) is 3.38. The molecule has 30 heavy (non-hydrogen) atoms. The van der Waals surface area contributed by atoms with Crippen LogP contribution >= 0.6 is 0 Å².